The van der Waals surface area contributed by atoms with Crippen molar-refractivity contribution in [2.24, 2.45) is 0 Å². The summed E-state index contributed by atoms with van der Waals surface area (Å²) in [7, 11) is -4.08. The molecule has 2 N–H and O–H groups in total. The number of sulfonamides is 1. The predicted octanol–water partition coefficient (Wildman–Crippen LogP) is 5.49. The van der Waals surface area contributed by atoms with Crippen LogP contribution in [0.2, 0.25) is 0 Å². The lowest BCUT2D eigenvalue weighted by Gasteiger charge is -2.17. The fraction of sp³-hybridized carbons (Fsp3) is 0.125. The molecule has 0 unspecified atom stereocenters. The number of carboxylic acid groups (broad SMARTS) is 1. The number of hydrogen-bond acceptors (Lipinski definition) is 4. The summed E-state index contributed by atoms with van der Waals surface area (Å²) < 4.78 is 73.3. The van der Waals surface area contributed by atoms with E-state index < -0.39 is 27.7 Å². The van der Waals surface area contributed by atoms with Gasteiger partial charge in [-0.05, 0) is 54.0 Å². The standard InChI is InChI=1S/C24H20F3NO5S/c1-16-4-2-3-5-22(16)34(31,32)28-20-12-11-19(24(25,26)27)14-21(20)33-15-18-8-6-17(7-9-18)10-13-23(29)30/h2-14,28H,15H2,1H3,(H,29,30)/b13-10+. The summed E-state index contributed by atoms with van der Waals surface area (Å²) >= 11 is 0. The lowest BCUT2D eigenvalue weighted by molar-refractivity contribution is -0.137. The van der Waals surface area contributed by atoms with E-state index in [1.807, 2.05) is 0 Å². The molecule has 0 amide bonds. The number of aryl methyl sites for hydroxylation is 1. The number of benzene rings is 3. The highest BCUT2D eigenvalue weighted by Crippen LogP contribution is 2.36. The third-order valence-electron chi connectivity index (χ3n) is 4.73. The molecular weight excluding hydrogens is 471 g/mol. The van der Waals surface area contributed by atoms with Gasteiger partial charge in [0.05, 0.1) is 16.1 Å². The molecule has 0 radical (unpaired) electrons. The van der Waals surface area contributed by atoms with E-state index in [1.54, 1.807) is 49.4 Å². The van der Waals surface area contributed by atoms with Gasteiger partial charge in [0.15, 0.2) is 0 Å². The highest BCUT2D eigenvalue weighted by atomic mass is 32.2. The molecule has 178 valence electrons. The van der Waals surface area contributed by atoms with E-state index in [0.29, 0.717) is 16.7 Å². The minimum Gasteiger partial charge on any atom is -0.487 e. The Morgan fingerprint density at radius 2 is 1.74 bits per heavy atom. The summed E-state index contributed by atoms with van der Waals surface area (Å²) in [5, 5.41) is 8.68. The Balaban J connectivity index is 1.88. The van der Waals surface area contributed by atoms with Crippen molar-refractivity contribution in [1.29, 1.82) is 0 Å². The van der Waals surface area contributed by atoms with E-state index in [9.17, 15) is 26.4 Å². The Bertz CT molecular complexity index is 1320. The number of ether oxygens (including phenoxy) is 1. The van der Waals surface area contributed by atoms with Crippen LogP contribution in [0.5, 0.6) is 5.75 Å². The predicted molar refractivity (Wildman–Crippen MR) is 121 cm³/mol. The van der Waals surface area contributed by atoms with Gasteiger partial charge < -0.3 is 9.84 Å². The van der Waals surface area contributed by atoms with Crippen LogP contribution >= 0.6 is 0 Å². The first-order chi connectivity index (χ1) is 16.0. The van der Waals surface area contributed by atoms with Gasteiger partial charge >= 0.3 is 12.1 Å². The summed E-state index contributed by atoms with van der Waals surface area (Å²) in [6, 6.07) is 15.2. The van der Waals surface area contributed by atoms with E-state index in [4.69, 9.17) is 9.84 Å². The van der Waals surface area contributed by atoms with Crippen LogP contribution in [0.4, 0.5) is 18.9 Å². The van der Waals surface area contributed by atoms with E-state index in [0.717, 1.165) is 24.3 Å². The molecule has 10 heteroatoms. The molecule has 34 heavy (non-hydrogen) atoms. The summed E-state index contributed by atoms with van der Waals surface area (Å²) in [4.78, 5) is 10.6. The molecule has 0 bridgehead atoms. The minimum absolute atomic E-state index is 0.00847. The van der Waals surface area contributed by atoms with Crippen molar-refractivity contribution in [3.63, 3.8) is 0 Å². The van der Waals surface area contributed by atoms with E-state index in [2.05, 4.69) is 4.72 Å². The van der Waals surface area contributed by atoms with Crippen molar-refractivity contribution in [3.8, 4) is 5.75 Å². The molecule has 0 saturated carbocycles. The minimum atomic E-state index is -4.65. The second-order valence-corrected chi connectivity index (χ2v) is 8.93. The molecule has 6 nitrogen and oxygen atoms in total. The zero-order valence-corrected chi connectivity index (χ0v) is 18.7. The molecule has 0 atom stereocenters. The van der Waals surface area contributed by atoms with Crippen LogP contribution in [-0.2, 0) is 27.6 Å². The fourth-order valence-corrected chi connectivity index (χ4v) is 4.33. The molecule has 0 spiro atoms. The first kappa shape index (κ1) is 24.8. The largest absolute Gasteiger partial charge is 0.487 e. The fourth-order valence-electron chi connectivity index (χ4n) is 3.01. The van der Waals surface area contributed by atoms with Crippen molar-refractivity contribution < 1.29 is 36.2 Å². The Kier molecular flexibility index (Phi) is 7.31. The Labute approximate surface area is 194 Å². The number of alkyl halides is 3. The number of hydrogen-bond donors (Lipinski definition) is 2. The van der Waals surface area contributed by atoms with Crippen LogP contribution in [0.3, 0.4) is 0 Å². The third-order valence-corrected chi connectivity index (χ3v) is 6.25. The van der Waals surface area contributed by atoms with Crippen LogP contribution in [0.1, 0.15) is 22.3 Å². The van der Waals surface area contributed by atoms with Gasteiger partial charge in [0, 0.05) is 6.08 Å². The number of anilines is 1. The average molecular weight is 491 g/mol. The topological polar surface area (TPSA) is 92.7 Å². The zero-order valence-electron chi connectivity index (χ0n) is 17.8. The number of nitrogens with one attached hydrogen (secondary N) is 1. The average Bonchev–Trinajstić information content (AvgIpc) is 2.77. The second-order valence-electron chi connectivity index (χ2n) is 7.28. The van der Waals surface area contributed by atoms with Gasteiger partial charge in [-0.3, -0.25) is 4.72 Å². The van der Waals surface area contributed by atoms with Crippen molar-refractivity contribution in [1.82, 2.24) is 0 Å². The second kappa shape index (κ2) is 10.0. The first-order valence-corrected chi connectivity index (χ1v) is 11.4. The molecular formula is C24H20F3NO5S. The maximum Gasteiger partial charge on any atom is 0.416 e. The Morgan fingerprint density at radius 1 is 1.06 bits per heavy atom. The maximum absolute atomic E-state index is 13.2. The van der Waals surface area contributed by atoms with Crippen LogP contribution in [0.15, 0.2) is 77.7 Å². The normalized spacial score (nSPS) is 12.0. The van der Waals surface area contributed by atoms with E-state index >= 15 is 0 Å². The third kappa shape index (κ3) is 6.38. The van der Waals surface area contributed by atoms with Crippen molar-refractivity contribution in [2.75, 3.05) is 4.72 Å². The maximum atomic E-state index is 13.2. The summed E-state index contributed by atoms with van der Waals surface area (Å²) in [6.45, 7) is 1.46. The molecule has 0 aliphatic carbocycles. The highest BCUT2D eigenvalue weighted by Gasteiger charge is 2.32. The number of aliphatic carboxylic acids is 1. The van der Waals surface area contributed by atoms with Crippen LogP contribution in [0.25, 0.3) is 6.08 Å². The summed E-state index contributed by atoms with van der Waals surface area (Å²) in [5.74, 6) is -1.39. The Hall–Kier alpha value is -3.79. The summed E-state index contributed by atoms with van der Waals surface area (Å²) in [6.07, 6.45) is -2.29. The van der Waals surface area contributed by atoms with Crippen molar-refractivity contribution in [2.45, 2.75) is 24.6 Å². The molecule has 0 aliphatic heterocycles. The van der Waals surface area contributed by atoms with Crippen LogP contribution in [-0.4, -0.2) is 19.5 Å². The van der Waals surface area contributed by atoms with Gasteiger partial charge in [-0.15, -0.1) is 0 Å². The quantitative estimate of drug-likeness (QED) is 0.407. The van der Waals surface area contributed by atoms with Gasteiger partial charge in [0.25, 0.3) is 10.0 Å². The van der Waals surface area contributed by atoms with Crippen LogP contribution < -0.4 is 9.46 Å². The molecule has 0 saturated heterocycles. The molecule has 3 rings (SSSR count). The van der Waals surface area contributed by atoms with Crippen LogP contribution in [0, 0.1) is 6.92 Å². The molecule has 0 aromatic heterocycles. The SMILES string of the molecule is Cc1ccccc1S(=O)(=O)Nc1ccc(C(F)(F)F)cc1OCc1ccc(/C=C/C(=O)O)cc1. The lowest BCUT2D eigenvalue weighted by Crippen LogP contribution is -2.15. The van der Waals surface area contributed by atoms with Gasteiger partial charge in [-0.25, -0.2) is 13.2 Å². The molecule has 0 heterocycles. The van der Waals surface area contributed by atoms with Gasteiger partial charge in [0.2, 0.25) is 0 Å². The smallest absolute Gasteiger partial charge is 0.416 e. The molecule has 0 fully saturated rings. The number of halogens is 3. The number of carboxylic acids is 1. The lowest BCUT2D eigenvalue weighted by atomic mass is 10.1. The molecule has 0 aliphatic rings. The zero-order chi connectivity index (χ0) is 24.9. The monoisotopic (exact) mass is 491 g/mol. The number of carbonyl (C=O) groups is 1. The molecule has 3 aromatic rings. The van der Waals surface area contributed by atoms with Crippen molar-refractivity contribution in [3.05, 3.63) is 95.1 Å². The van der Waals surface area contributed by atoms with E-state index in [1.165, 1.54) is 12.1 Å². The van der Waals surface area contributed by atoms with Crippen molar-refractivity contribution >= 4 is 27.8 Å². The Morgan fingerprint density at radius 3 is 2.35 bits per heavy atom. The first-order valence-electron chi connectivity index (χ1n) is 9.88. The van der Waals surface area contributed by atoms with E-state index in [-0.39, 0.29) is 22.9 Å². The highest BCUT2D eigenvalue weighted by molar-refractivity contribution is 7.92. The number of rotatable bonds is 8. The summed E-state index contributed by atoms with van der Waals surface area (Å²) in [5.41, 5.74) is 0.531. The van der Waals surface area contributed by atoms with Gasteiger partial charge in [0.1, 0.15) is 12.4 Å². The molecule has 3 aromatic carbocycles. The van der Waals surface area contributed by atoms with Gasteiger partial charge in [-0.1, -0.05) is 42.5 Å². The van der Waals surface area contributed by atoms with Gasteiger partial charge in [-0.2, -0.15) is 13.2 Å².